The lowest BCUT2D eigenvalue weighted by molar-refractivity contribution is 0.589. The van der Waals surface area contributed by atoms with E-state index < -0.39 is 0 Å². The van der Waals surface area contributed by atoms with Gasteiger partial charge in [-0.1, -0.05) is 18.2 Å². The van der Waals surface area contributed by atoms with E-state index in [1.54, 1.807) is 22.7 Å². The number of rotatable bonds is 3. The molecule has 0 spiro atoms. The smallest absolute Gasteiger partial charge is 0.227 e. The van der Waals surface area contributed by atoms with E-state index in [2.05, 4.69) is 39.8 Å². The maximum atomic E-state index is 6.30. The van der Waals surface area contributed by atoms with Gasteiger partial charge in [-0.3, -0.25) is 0 Å². The molecule has 126 valence electrons. The molecule has 0 unspecified atom stereocenters. The minimum absolute atomic E-state index is 0.678. The van der Waals surface area contributed by atoms with Gasteiger partial charge in [-0.2, -0.15) is 0 Å². The molecule has 0 aliphatic carbocycles. The zero-order valence-corrected chi connectivity index (χ0v) is 16.3. The first-order valence-electron chi connectivity index (χ1n) is 8.24. The summed E-state index contributed by atoms with van der Waals surface area (Å²) in [6, 6.07) is 14.5. The van der Waals surface area contributed by atoms with Crippen LogP contribution in [-0.4, -0.2) is 4.98 Å². The van der Waals surface area contributed by atoms with Crippen molar-refractivity contribution in [2.24, 2.45) is 0 Å². The quantitative estimate of drug-likeness (QED) is 0.389. The number of aromatic nitrogens is 1. The second kappa shape index (κ2) is 6.28. The highest BCUT2D eigenvalue weighted by Gasteiger charge is 2.22. The molecule has 4 aromatic rings. The molecule has 0 radical (unpaired) electrons. The van der Waals surface area contributed by atoms with Crippen LogP contribution in [0.25, 0.3) is 34.0 Å². The fourth-order valence-electron chi connectivity index (χ4n) is 3.11. The van der Waals surface area contributed by atoms with E-state index in [0.717, 1.165) is 22.6 Å². The van der Waals surface area contributed by atoms with E-state index in [0.29, 0.717) is 5.89 Å². The molecule has 0 aliphatic rings. The largest absolute Gasteiger partial charge is 0.435 e. The van der Waals surface area contributed by atoms with Crippen LogP contribution in [0.3, 0.4) is 0 Å². The first kappa shape index (κ1) is 16.3. The Labute approximate surface area is 155 Å². The third kappa shape index (κ3) is 2.96. The van der Waals surface area contributed by atoms with Gasteiger partial charge in [0.25, 0.3) is 0 Å². The lowest BCUT2D eigenvalue weighted by Gasteiger charge is -2.00. The molecule has 4 rings (SSSR count). The van der Waals surface area contributed by atoms with Gasteiger partial charge >= 0.3 is 0 Å². The summed E-state index contributed by atoms with van der Waals surface area (Å²) in [5.41, 5.74) is 4.27. The summed E-state index contributed by atoms with van der Waals surface area (Å²) in [6.45, 7) is 8.57. The standard InChI is InChI=1S/C21H19NOS2/c1-12-10-17(14(3)24-12)19-20(18-11-13(2)25-15(18)4)23-21(22-19)16-8-6-5-7-9-16/h5-11H,1-4H3. The minimum atomic E-state index is 0.678. The molecule has 2 nitrogen and oxygen atoms in total. The van der Waals surface area contributed by atoms with Crippen molar-refractivity contribution in [3.8, 4) is 34.0 Å². The van der Waals surface area contributed by atoms with Crippen LogP contribution in [-0.2, 0) is 0 Å². The van der Waals surface area contributed by atoms with Crippen molar-refractivity contribution < 1.29 is 4.42 Å². The maximum absolute atomic E-state index is 6.30. The predicted molar refractivity (Wildman–Crippen MR) is 108 cm³/mol. The van der Waals surface area contributed by atoms with Gasteiger partial charge in [0.2, 0.25) is 5.89 Å². The molecule has 4 heteroatoms. The normalized spacial score (nSPS) is 11.2. The van der Waals surface area contributed by atoms with Gasteiger partial charge in [0, 0.05) is 36.2 Å². The molecule has 0 atom stereocenters. The fraction of sp³-hybridized carbons (Fsp3) is 0.190. The van der Waals surface area contributed by atoms with E-state index in [1.165, 1.54) is 25.1 Å². The third-order valence-electron chi connectivity index (χ3n) is 4.23. The van der Waals surface area contributed by atoms with Gasteiger partial charge in [0.1, 0.15) is 5.69 Å². The Balaban J connectivity index is 1.96. The van der Waals surface area contributed by atoms with E-state index in [4.69, 9.17) is 9.40 Å². The Bertz CT molecular complexity index is 974. The SMILES string of the molecule is Cc1cc(-c2nc(-c3ccccc3)oc2-c2cc(C)sc2C)c(C)s1. The van der Waals surface area contributed by atoms with Crippen LogP contribution in [0.15, 0.2) is 46.9 Å². The van der Waals surface area contributed by atoms with E-state index in [-0.39, 0.29) is 0 Å². The summed E-state index contributed by atoms with van der Waals surface area (Å²) in [6.07, 6.45) is 0. The molecule has 0 saturated heterocycles. The summed E-state index contributed by atoms with van der Waals surface area (Å²) in [7, 11) is 0. The number of oxazole rings is 1. The van der Waals surface area contributed by atoms with Crippen molar-refractivity contribution in [1.82, 2.24) is 4.98 Å². The van der Waals surface area contributed by atoms with E-state index in [1.807, 2.05) is 30.3 Å². The summed E-state index contributed by atoms with van der Waals surface area (Å²) < 4.78 is 6.30. The number of thiophene rings is 2. The Morgan fingerprint density at radius 3 is 1.96 bits per heavy atom. The van der Waals surface area contributed by atoms with Crippen molar-refractivity contribution in [1.29, 1.82) is 0 Å². The molecular weight excluding hydrogens is 346 g/mol. The first-order chi connectivity index (χ1) is 12.0. The minimum Gasteiger partial charge on any atom is -0.435 e. The van der Waals surface area contributed by atoms with Gasteiger partial charge in [0.15, 0.2) is 5.76 Å². The second-order valence-electron chi connectivity index (χ2n) is 6.22. The maximum Gasteiger partial charge on any atom is 0.227 e. The molecular formula is C21H19NOS2. The summed E-state index contributed by atoms with van der Waals surface area (Å²) in [5.74, 6) is 1.55. The topological polar surface area (TPSA) is 26.0 Å². The van der Waals surface area contributed by atoms with Crippen molar-refractivity contribution in [2.75, 3.05) is 0 Å². The van der Waals surface area contributed by atoms with Crippen molar-refractivity contribution in [3.63, 3.8) is 0 Å². The Morgan fingerprint density at radius 1 is 0.800 bits per heavy atom. The second-order valence-corrected chi connectivity index (χ2v) is 9.14. The molecule has 0 saturated carbocycles. The Hall–Kier alpha value is -2.17. The van der Waals surface area contributed by atoms with Crippen LogP contribution < -0.4 is 0 Å². The lowest BCUT2D eigenvalue weighted by Crippen LogP contribution is -1.83. The average molecular weight is 366 g/mol. The zero-order chi connectivity index (χ0) is 17.6. The highest BCUT2D eigenvalue weighted by atomic mass is 32.1. The number of hydrogen-bond acceptors (Lipinski definition) is 4. The molecule has 0 N–H and O–H groups in total. The first-order valence-corrected chi connectivity index (χ1v) is 9.87. The number of hydrogen-bond donors (Lipinski definition) is 0. The number of nitrogens with zero attached hydrogens (tertiary/aromatic N) is 1. The number of benzene rings is 1. The Kier molecular flexibility index (Phi) is 4.10. The molecule has 3 heterocycles. The van der Waals surface area contributed by atoms with Gasteiger partial charge in [-0.05, 0) is 52.0 Å². The summed E-state index contributed by atoms with van der Waals surface area (Å²) in [5, 5.41) is 0. The van der Waals surface area contributed by atoms with Gasteiger partial charge in [-0.15, -0.1) is 22.7 Å². The molecule has 0 fully saturated rings. The highest BCUT2D eigenvalue weighted by molar-refractivity contribution is 7.12. The molecule has 1 aromatic carbocycles. The monoisotopic (exact) mass is 365 g/mol. The third-order valence-corrected chi connectivity index (χ3v) is 6.16. The fourth-order valence-corrected chi connectivity index (χ4v) is 4.96. The molecule has 0 aliphatic heterocycles. The van der Waals surface area contributed by atoms with Crippen LogP contribution in [0.2, 0.25) is 0 Å². The van der Waals surface area contributed by atoms with Gasteiger partial charge in [-0.25, -0.2) is 4.98 Å². The van der Waals surface area contributed by atoms with Crippen LogP contribution >= 0.6 is 22.7 Å². The van der Waals surface area contributed by atoms with Crippen molar-refractivity contribution >= 4 is 22.7 Å². The highest BCUT2D eigenvalue weighted by Crippen LogP contribution is 2.42. The van der Waals surface area contributed by atoms with Crippen molar-refractivity contribution in [2.45, 2.75) is 27.7 Å². The van der Waals surface area contributed by atoms with Crippen molar-refractivity contribution in [3.05, 3.63) is 62.0 Å². The average Bonchev–Trinajstić information content (AvgIpc) is 3.25. The predicted octanol–water partition coefficient (Wildman–Crippen LogP) is 7.03. The van der Waals surface area contributed by atoms with Crippen LogP contribution in [0.4, 0.5) is 0 Å². The molecule has 25 heavy (non-hydrogen) atoms. The van der Waals surface area contributed by atoms with E-state index in [9.17, 15) is 0 Å². The van der Waals surface area contributed by atoms with Gasteiger partial charge < -0.3 is 4.42 Å². The summed E-state index contributed by atoms with van der Waals surface area (Å²) >= 11 is 3.60. The van der Waals surface area contributed by atoms with Gasteiger partial charge in [0.05, 0.1) is 0 Å². The Morgan fingerprint density at radius 2 is 1.40 bits per heavy atom. The van der Waals surface area contributed by atoms with Crippen LogP contribution in [0.1, 0.15) is 19.5 Å². The van der Waals surface area contributed by atoms with E-state index >= 15 is 0 Å². The molecule has 0 bridgehead atoms. The zero-order valence-electron chi connectivity index (χ0n) is 14.7. The molecule has 3 aromatic heterocycles. The lowest BCUT2D eigenvalue weighted by atomic mass is 10.1. The summed E-state index contributed by atoms with van der Waals surface area (Å²) in [4.78, 5) is 10.0. The number of aryl methyl sites for hydroxylation is 4. The van der Waals surface area contributed by atoms with Crippen LogP contribution in [0, 0.1) is 27.7 Å². The molecule has 0 amide bonds. The van der Waals surface area contributed by atoms with Crippen LogP contribution in [0.5, 0.6) is 0 Å².